The molecule has 0 spiro atoms. The zero-order valence-electron chi connectivity index (χ0n) is 26.3. The molecule has 0 radical (unpaired) electrons. The molecule has 7 nitrogen and oxygen atoms in total. The third-order valence-corrected chi connectivity index (χ3v) is 7.96. The number of carbonyl (C=O) groups excluding carboxylic acids is 1. The average molecular weight is 562 g/mol. The maximum Gasteiger partial charge on any atom is 0.192 e. The summed E-state index contributed by atoms with van der Waals surface area (Å²) in [4.78, 5) is 28.0. The molecule has 1 aliphatic rings. The maximum atomic E-state index is 13.2. The zero-order chi connectivity index (χ0) is 30.2. The van der Waals surface area contributed by atoms with Gasteiger partial charge in [0.1, 0.15) is 0 Å². The van der Waals surface area contributed by atoms with Crippen molar-refractivity contribution in [1.82, 2.24) is 15.2 Å². The number of nitrogens with one attached hydrogen (secondary N) is 3. The van der Waals surface area contributed by atoms with Crippen LogP contribution in [0.1, 0.15) is 101 Å². The van der Waals surface area contributed by atoms with E-state index in [4.69, 9.17) is 5.41 Å². The van der Waals surface area contributed by atoms with Crippen LogP contribution in [-0.4, -0.2) is 50.3 Å². The van der Waals surface area contributed by atoms with Crippen LogP contribution in [0.25, 0.3) is 16.8 Å². The van der Waals surface area contributed by atoms with Crippen LogP contribution in [0.4, 0.5) is 5.69 Å². The molecule has 0 aliphatic carbocycles. The van der Waals surface area contributed by atoms with Crippen LogP contribution in [0, 0.1) is 10.8 Å². The number of Topliss-reactive ketones (excluding diaryl/α,β-unsaturated/α-hetero) is 1. The van der Waals surface area contributed by atoms with E-state index in [1.165, 1.54) is 31.9 Å². The fourth-order valence-corrected chi connectivity index (χ4v) is 5.61. The third kappa shape index (κ3) is 7.97. The maximum absolute atomic E-state index is 13.2. The van der Waals surface area contributed by atoms with Gasteiger partial charge in [-0.05, 0) is 48.9 Å². The molecule has 0 bridgehead atoms. The van der Waals surface area contributed by atoms with Crippen LogP contribution in [0.2, 0.25) is 0 Å². The Bertz CT molecular complexity index is 1300. The van der Waals surface area contributed by atoms with E-state index in [2.05, 4.69) is 59.9 Å². The lowest BCUT2D eigenvalue weighted by molar-refractivity contribution is 0.0979. The van der Waals surface area contributed by atoms with Crippen LogP contribution in [0.3, 0.4) is 0 Å². The van der Waals surface area contributed by atoms with Crippen molar-refractivity contribution in [2.24, 2.45) is 5.41 Å². The first-order valence-corrected chi connectivity index (χ1v) is 15.3. The van der Waals surface area contributed by atoms with Gasteiger partial charge in [0.05, 0.1) is 11.3 Å². The van der Waals surface area contributed by atoms with Crippen molar-refractivity contribution in [3.05, 3.63) is 57.5 Å². The number of unbranched alkanes of at least 4 members (excludes halogenated alkanes) is 3. The number of nitrogens with zero attached hydrogens (tertiary/aromatic N) is 2. The molecule has 0 fully saturated rings. The number of allylic oxidation sites excluding steroid dienone is 1. The molecule has 224 valence electrons. The fraction of sp³-hybridized carbons (Fsp3) is 0.559. The second kappa shape index (κ2) is 14.6. The van der Waals surface area contributed by atoms with Gasteiger partial charge in [0.2, 0.25) is 0 Å². The van der Waals surface area contributed by atoms with Crippen molar-refractivity contribution in [1.29, 1.82) is 5.41 Å². The van der Waals surface area contributed by atoms with Crippen molar-refractivity contribution in [2.45, 2.75) is 85.6 Å². The second-order valence-electron chi connectivity index (χ2n) is 12.5. The normalized spacial score (nSPS) is 14.8. The van der Waals surface area contributed by atoms with Gasteiger partial charge in [0, 0.05) is 86.7 Å². The van der Waals surface area contributed by atoms with Crippen LogP contribution in [0.15, 0.2) is 35.4 Å². The van der Waals surface area contributed by atoms with E-state index in [-0.39, 0.29) is 28.2 Å². The number of carbonyl (C=O) groups is 1. The first-order chi connectivity index (χ1) is 19.5. The minimum absolute atomic E-state index is 0.0748. The molecule has 1 aromatic heterocycles. The Kier molecular flexibility index (Phi) is 11.5. The molecule has 1 aromatic carbocycles. The number of anilines is 1. The summed E-state index contributed by atoms with van der Waals surface area (Å²) in [5.74, 6) is -0.0875. The molecule has 1 aliphatic heterocycles. The van der Waals surface area contributed by atoms with Gasteiger partial charge in [-0.25, -0.2) is 0 Å². The number of ketones is 1. The van der Waals surface area contributed by atoms with Gasteiger partial charge in [-0.15, -0.1) is 0 Å². The molecular weight excluding hydrogens is 510 g/mol. The highest BCUT2D eigenvalue weighted by Gasteiger charge is 2.34. The van der Waals surface area contributed by atoms with E-state index in [9.17, 15) is 9.59 Å². The third-order valence-electron chi connectivity index (χ3n) is 7.96. The molecule has 0 amide bonds. The first kappa shape index (κ1) is 32.3. The highest BCUT2D eigenvalue weighted by atomic mass is 16.1. The summed E-state index contributed by atoms with van der Waals surface area (Å²) in [5.41, 5.74) is 5.77. The quantitative estimate of drug-likeness (QED) is 0.132. The number of benzene rings is 1. The number of hydrogen-bond donors (Lipinski definition) is 3. The molecule has 3 N–H and O–H groups in total. The highest BCUT2D eigenvalue weighted by Crippen LogP contribution is 2.45. The van der Waals surface area contributed by atoms with E-state index < -0.39 is 0 Å². The Balaban J connectivity index is 1.98. The molecule has 41 heavy (non-hydrogen) atoms. The Hall–Kier alpha value is -3.19. The number of fused-ring (bicyclic) bond motifs is 3. The monoisotopic (exact) mass is 561 g/mol. The van der Waals surface area contributed by atoms with E-state index in [1.807, 2.05) is 33.4 Å². The second-order valence-corrected chi connectivity index (χ2v) is 12.5. The largest absolute Gasteiger partial charge is 0.389 e. The molecule has 7 heteroatoms. The summed E-state index contributed by atoms with van der Waals surface area (Å²) in [7, 11) is 4.01. The van der Waals surface area contributed by atoms with Gasteiger partial charge >= 0.3 is 0 Å². The number of aromatic nitrogens is 1. The summed E-state index contributed by atoms with van der Waals surface area (Å²) in [6, 6.07) is 6.06. The molecule has 3 rings (SSSR count). The van der Waals surface area contributed by atoms with Gasteiger partial charge < -0.3 is 25.5 Å². The van der Waals surface area contributed by atoms with Crippen LogP contribution < -0.4 is 21.0 Å². The summed E-state index contributed by atoms with van der Waals surface area (Å²) < 4.78 is 2.16. The smallest absolute Gasteiger partial charge is 0.192 e. The molecule has 2 aromatic rings. The van der Waals surface area contributed by atoms with E-state index in [0.717, 1.165) is 59.7 Å². The van der Waals surface area contributed by atoms with Gasteiger partial charge in [-0.2, -0.15) is 0 Å². The molecular formula is C34H51N5O2. The van der Waals surface area contributed by atoms with Gasteiger partial charge in [0.25, 0.3) is 0 Å². The molecule has 1 atom stereocenters. The number of hydrogen-bond acceptors (Lipinski definition) is 6. The fourth-order valence-electron chi connectivity index (χ4n) is 5.61. The Morgan fingerprint density at radius 2 is 1.80 bits per heavy atom. The molecule has 2 heterocycles. The minimum Gasteiger partial charge on any atom is -0.389 e. The van der Waals surface area contributed by atoms with Gasteiger partial charge in [-0.3, -0.25) is 9.59 Å². The zero-order valence-corrected chi connectivity index (χ0v) is 26.3. The number of pyridine rings is 1. The van der Waals surface area contributed by atoms with E-state index in [1.54, 1.807) is 6.07 Å². The summed E-state index contributed by atoms with van der Waals surface area (Å²) in [6.45, 7) is 13.5. The standard InChI is InChI=1S/C34H51N5O2/c1-8-10-11-12-14-36-15-16-37-22-25(21-35)26-17-24-18-33(34(3,4)5)39-23-28(31(40)13-9-2)32(41)20-30(39)27(24)19-29(26)38(6)7/h17,19-23,33,35-37H,8-16,18H2,1-7H3/b25-22+,35-21?. The van der Waals surface area contributed by atoms with Crippen molar-refractivity contribution in [2.75, 3.05) is 38.6 Å². The lowest BCUT2D eigenvalue weighted by Crippen LogP contribution is -2.33. The van der Waals surface area contributed by atoms with Crippen molar-refractivity contribution in [3.63, 3.8) is 0 Å². The minimum atomic E-state index is -0.214. The summed E-state index contributed by atoms with van der Waals surface area (Å²) in [5, 5.41) is 15.1. The van der Waals surface area contributed by atoms with Crippen molar-refractivity contribution >= 4 is 23.3 Å². The van der Waals surface area contributed by atoms with Gasteiger partial charge in [0.15, 0.2) is 11.2 Å². The predicted octanol–water partition coefficient (Wildman–Crippen LogP) is 6.46. The Morgan fingerprint density at radius 1 is 1.05 bits per heavy atom. The van der Waals surface area contributed by atoms with Crippen LogP contribution in [0.5, 0.6) is 0 Å². The van der Waals surface area contributed by atoms with Gasteiger partial charge in [-0.1, -0.05) is 53.9 Å². The molecule has 1 unspecified atom stereocenters. The van der Waals surface area contributed by atoms with E-state index >= 15 is 0 Å². The SMILES string of the molecule is CCCCCCNCCN/C=C(\C=N)c1cc2c(cc1N(C)C)-c1cc(=O)c(C(=O)CCC)cn1C(C(C)(C)C)C2. The lowest BCUT2D eigenvalue weighted by Gasteiger charge is -2.39. The topological polar surface area (TPSA) is 90.2 Å². The number of rotatable bonds is 15. The van der Waals surface area contributed by atoms with Crippen molar-refractivity contribution in [3.8, 4) is 11.3 Å². The molecule has 0 saturated heterocycles. The predicted molar refractivity (Wildman–Crippen MR) is 174 cm³/mol. The van der Waals surface area contributed by atoms with E-state index in [0.29, 0.717) is 12.8 Å². The van der Waals surface area contributed by atoms with Crippen molar-refractivity contribution < 1.29 is 4.79 Å². The average Bonchev–Trinajstić information content (AvgIpc) is 2.92. The Morgan fingerprint density at radius 3 is 2.44 bits per heavy atom. The van der Waals surface area contributed by atoms with Crippen LogP contribution >= 0.6 is 0 Å². The highest BCUT2D eigenvalue weighted by molar-refractivity contribution is 6.11. The molecule has 0 saturated carbocycles. The summed E-state index contributed by atoms with van der Waals surface area (Å²) >= 11 is 0. The Labute approximate surface area is 246 Å². The summed E-state index contributed by atoms with van der Waals surface area (Å²) in [6.07, 6.45) is 12.0. The lowest BCUT2D eigenvalue weighted by atomic mass is 9.78. The van der Waals surface area contributed by atoms with Crippen LogP contribution in [-0.2, 0) is 6.42 Å². The first-order valence-electron chi connectivity index (χ1n) is 15.3.